The maximum Gasteiger partial charge on any atom is 0.166 e. The number of rotatable bonds is 3. The summed E-state index contributed by atoms with van der Waals surface area (Å²) < 4.78 is 52.9. The van der Waals surface area contributed by atoms with Crippen molar-refractivity contribution in [3.63, 3.8) is 0 Å². The van der Waals surface area contributed by atoms with Crippen molar-refractivity contribution in [2.24, 2.45) is 5.92 Å². The SMILES string of the molecule is CNC(c1c(F)c(F)cc(F)c1F)C1CC1. The van der Waals surface area contributed by atoms with Crippen molar-refractivity contribution in [3.05, 3.63) is 34.9 Å². The smallest absolute Gasteiger partial charge is 0.166 e. The predicted molar refractivity (Wildman–Crippen MR) is 50.8 cm³/mol. The van der Waals surface area contributed by atoms with Gasteiger partial charge < -0.3 is 5.32 Å². The summed E-state index contributed by atoms with van der Waals surface area (Å²) >= 11 is 0. The van der Waals surface area contributed by atoms with Gasteiger partial charge in [-0.2, -0.15) is 0 Å². The van der Waals surface area contributed by atoms with Crippen LogP contribution in [0.5, 0.6) is 0 Å². The summed E-state index contributed by atoms with van der Waals surface area (Å²) in [6.45, 7) is 0. The third-order valence-corrected chi connectivity index (χ3v) is 2.86. The van der Waals surface area contributed by atoms with Gasteiger partial charge in [-0.1, -0.05) is 0 Å². The summed E-state index contributed by atoms with van der Waals surface area (Å²) in [5.41, 5.74) is -0.525. The van der Waals surface area contributed by atoms with E-state index in [-0.39, 0.29) is 12.0 Å². The Hall–Kier alpha value is -1.10. The summed E-state index contributed by atoms with van der Waals surface area (Å²) in [6.07, 6.45) is 1.62. The summed E-state index contributed by atoms with van der Waals surface area (Å²) in [5.74, 6) is -5.25. The van der Waals surface area contributed by atoms with Crippen molar-refractivity contribution in [1.29, 1.82) is 0 Å². The largest absolute Gasteiger partial charge is 0.313 e. The zero-order valence-electron chi connectivity index (χ0n) is 8.66. The molecule has 1 atom stereocenters. The third-order valence-electron chi connectivity index (χ3n) is 2.86. The van der Waals surface area contributed by atoms with Crippen LogP contribution in [0.3, 0.4) is 0 Å². The molecule has 0 aromatic heterocycles. The van der Waals surface area contributed by atoms with Gasteiger partial charge in [-0.25, -0.2) is 17.6 Å². The minimum absolute atomic E-state index is 0.0511. The van der Waals surface area contributed by atoms with Crippen molar-refractivity contribution in [2.45, 2.75) is 18.9 Å². The van der Waals surface area contributed by atoms with Gasteiger partial charge in [0, 0.05) is 17.7 Å². The third kappa shape index (κ3) is 1.80. The molecule has 16 heavy (non-hydrogen) atoms. The van der Waals surface area contributed by atoms with Gasteiger partial charge in [0.2, 0.25) is 0 Å². The average molecular weight is 233 g/mol. The van der Waals surface area contributed by atoms with Crippen LogP contribution in [0.2, 0.25) is 0 Å². The van der Waals surface area contributed by atoms with Gasteiger partial charge >= 0.3 is 0 Å². The van der Waals surface area contributed by atoms with Crippen molar-refractivity contribution in [2.75, 3.05) is 7.05 Å². The molecule has 2 rings (SSSR count). The second-order valence-electron chi connectivity index (χ2n) is 3.99. The molecule has 0 amide bonds. The highest BCUT2D eigenvalue weighted by Crippen LogP contribution is 2.42. The minimum Gasteiger partial charge on any atom is -0.313 e. The Morgan fingerprint density at radius 3 is 2.00 bits per heavy atom. The fraction of sp³-hybridized carbons (Fsp3) is 0.455. The van der Waals surface area contributed by atoms with E-state index in [1.165, 1.54) is 7.05 Å². The maximum atomic E-state index is 13.4. The molecule has 1 nitrogen and oxygen atoms in total. The summed E-state index contributed by atoms with van der Waals surface area (Å²) in [6, 6.07) is -0.432. The molecular formula is C11H11F4N. The fourth-order valence-corrected chi connectivity index (χ4v) is 1.91. The first kappa shape index (κ1) is 11.4. The second-order valence-corrected chi connectivity index (χ2v) is 3.99. The van der Waals surface area contributed by atoms with Crippen LogP contribution in [0.15, 0.2) is 6.07 Å². The zero-order chi connectivity index (χ0) is 11.9. The van der Waals surface area contributed by atoms with E-state index in [2.05, 4.69) is 5.32 Å². The molecule has 5 heteroatoms. The van der Waals surface area contributed by atoms with Gasteiger partial charge in [0.15, 0.2) is 23.3 Å². The van der Waals surface area contributed by atoms with Crippen LogP contribution in [0.1, 0.15) is 24.4 Å². The fourth-order valence-electron chi connectivity index (χ4n) is 1.91. The van der Waals surface area contributed by atoms with Gasteiger partial charge in [-0.05, 0) is 25.8 Å². The molecule has 1 aliphatic carbocycles. The van der Waals surface area contributed by atoms with Crippen LogP contribution in [0, 0.1) is 29.2 Å². The van der Waals surface area contributed by atoms with Gasteiger partial charge in [-0.15, -0.1) is 0 Å². The molecule has 1 aromatic carbocycles. The first-order chi connectivity index (χ1) is 7.56. The van der Waals surface area contributed by atoms with Crippen molar-refractivity contribution < 1.29 is 17.6 Å². The van der Waals surface area contributed by atoms with Crippen LogP contribution in [-0.4, -0.2) is 7.05 Å². The van der Waals surface area contributed by atoms with Crippen molar-refractivity contribution >= 4 is 0 Å². The molecular weight excluding hydrogens is 222 g/mol. The number of hydrogen-bond donors (Lipinski definition) is 1. The molecule has 1 fully saturated rings. The molecule has 1 aliphatic rings. The van der Waals surface area contributed by atoms with Crippen LogP contribution in [0.25, 0.3) is 0 Å². The predicted octanol–water partition coefficient (Wildman–Crippen LogP) is 2.91. The second kappa shape index (κ2) is 4.05. The summed E-state index contributed by atoms with van der Waals surface area (Å²) in [7, 11) is 1.52. The van der Waals surface area contributed by atoms with Gasteiger partial charge in [0.1, 0.15) is 0 Å². The molecule has 0 aliphatic heterocycles. The Kier molecular flexibility index (Phi) is 2.88. The molecule has 0 bridgehead atoms. The number of benzene rings is 1. The topological polar surface area (TPSA) is 12.0 Å². The van der Waals surface area contributed by atoms with Crippen LogP contribution in [0.4, 0.5) is 17.6 Å². The highest BCUT2D eigenvalue weighted by Gasteiger charge is 2.36. The number of hydrogen-bond acceptors (Lipinski definition) is 1. The summed E-state index contributed by atoms with van der Waals surface area (Å²) in [4.78, 5) is 0. The number of nitrogens with one attached hydrogen (secondary N) is 1. The lowest BCUT2D eigenvalue weighted by atomic mass is 10.0. The van der Waals surface area contributed by atoms with Gasteiger partial charge in [-0.3, -0.25) is 0 Å². The van der Waals surface area contributed by atoms with Gasteiger partial charge in [0.05, 0.1) is 0 Å². The van der Waals surface area contributed by atoms with E-state index in [1.54, 1.807) is 0 Å². The molecule has 1 saturated carbocycles. The van der Waals surface area contributed by atoms with Crippen LogP contribution >= 0.6 is 0 Å². The van der Waals surface area contributed by atoms with E-state index in [9.17, 15) is 17.6 Å². The molecule has 0 heterocycles. The highest BCUT2D eigenvalue weighted by atomic mass is 19.2. The molecule has 1 aromatic rings. The molecule has 1 unspecified atom stereocenters. The maximum absolute atomic E-state index is 13.4. The Morgan fingerprint density at radius 1 is 1.12 bits per heavy atom. The van der Waals surface area contributed by atoms with Crippen LogP contribution < -0.4 is 5.32 Å². The zero-order valence-corrected chi connectivity index (χ0v) is 8.66. The van der Waals surface area contributed by atoms with Gasteiger partial charge in [0.25, 0.3) is 0 Å². The average Bonchev–Trinajstić information content (AvgIpc) is 3.05. The van der Waals surface area contributed by atoms with Crippen molar-refractivity contribution in [1.82, 2.24) is 5.32 Å². The first-order valence-electron chi connectivity index (χ1n) is 5.06. The standard InChI is InChI=1S/C11H11F4N/c1-16-11(5-2-3-5)8-9(14)6(12)4-7(13)10(8)15/h4-5,11,16H,2-3H2,1H3. The molecule has 0 radical (unpaired) electrons. The lowest BCUT2D eigenvalue weighted by Gasteiger charge is -2.17. The Morgan fingerprint density at radius 2 is 1.62 bits per heavy atom. The molecule has 1 N–H and O–H groups in total. The Balaban J connectivity index is 2.52. The molecule has 0 spiro atoms. The quantitative estimate of drug-likeness (QED) is 0.625. The van der Waals surface area contributed by atoms with E-state index in [0.717, 1.165) is 12.8 Å². The summed E-state index contributed by atoms with van der Waals surface area (Å²) in [5, 5.41) is 2.70. The van der Waals surface area contributed by atoms with E-state index < -0.39 is 34.9 Å². The molecule has 0 saturated heterocycles. The Labute approximate surface area is 90.5 Å². The van der Waals surface area contributed by atoms with E-state index in [4.69, 9.17) is 0 Å². The van der Waals surface area contributed by atoms with Crippen LogP contribution in [-0.2, 0) is 0 Å². The van der Waals surface area contributed by atoms with E-state index in [0.29, 0.717) is 0 Å². The van der Waals surface area contributed by atoms with E-state index in [1.807, 2.05) is 0 Å². The minimum atomic E-state index is -1.35. The monoisotopic (exact) mass is 233 g/mol. The van der Waals surface area contributed by atoms with Crippen molar-refractivity contribution in [3.8, 4) is 0 Å². The first-order valence-corrected chi connectivity index (χ1v) is 5.06. The van der Waals surface area contributed by atoms with E-state index >= 15 is 0 Å². The normalized spacial score (nSPS) is 17.6. The Bertz CT molecular complexity index is 389. The highest BCUT2D eigenvalue weighted by molar-refractivity contribution is 5.27. The number of halogens is 4. The lowest BCUT2D eigenvalue weighted by Crippen LogP contribution is -2.22. The lowest BCUT2D eigenvalue weighted by molar-refractivity contribution is 0.401. The molecule has 88 valence electrons.